The van der Waals surface area contributed by atoms with Gasteiger partial charge in [0.05, 0.1) is 23.5 Å². The van der Waals surface area contributed by atoms with Gasteiger partial charge in [0.15, 0.2) is 5.96 Å². The minimum atomic E-state index is -0.550. The molecule has 0 aromatic carbocycles. The van der Waals surface area contributed by atoms with Crippen LogP contribution in [-0.2, 0) is 18.4 Å². The number of guanidine groups is 1. The quantitative estimate of drug-likeness (QED) is 0.582. The van der Waals surface area contributed by atoms with Gasteiger partial charge in [0.25, 0.3) is 0 Å². The van der Waals surface area contributed by atoms with Crippen LogP contribution in [0.3, 0.4) is 0 Å². The van der Waals surface area contributed by atoms with Crippen molar-refractivity contribution in [2.75, 3.05) is 26.7 Å². The average Bonchev–Trinajstić information content (AvgIpc) is 2.81. The molecule has 1 aromatic heterocycles. The maximum absolute atomic E-state index is 12.1. The molecule has 0 spiro atoms. The molecule has 0 radical (unpaired) electrons. The second-order valence-corrected chi connectivity index (χ2v) is 6.97. The van der Waals surface area contributed by atoms with Gasteiger partial charge in [-0.05, 0) is 33.8 Å². The van der Waals surface area contributed by atoms with Crippen LogP contribution in [0.2, 0.25) is 5.02 Å². The van der Waals surface area contributed by atoms with Gasteiger partial charge in [-0.1, -0.05) is 11.6 Å². The molecule has 0 atom stereocenters. The third-order valence-electron chi connectivity index (χ3n) is 3.75. The SMILES string of the molecule is CCNC(=O)C(C)(C)CN=C(NCC)N(C)Cc1cc(Cl)cn1C. The van der Waals surface area contributed by atoms with Crippen LogP contribution in [0.1, 0.15) is 33.4 Å². The summed E-state index contributed by atoms with van der Waals surface area (Å²) in [6.07, 6.45) is 1.88. The highest BCUT2D eigenvalue weighted by Crippen LogP contribution is 2.17. The summed E-state index contributed by atoms with van der Waals surface area (Å²) in [5.41, 5.74) is 0.544. The van der Waals surface area contributed by atoms with Crippen LogP contribution in [0.4, 0.5) is 0 Å². The molecular formula is C17H30ClN5O. The van der Waals surface area contributed by atoms with Crippen LogP contribution < -0.4 is 10.6 Å². The monoisotopic (exact) mass is 355 g/mol. The molecular weight excluding hydrogens is 326 g/mol. The molecule has 24 heavy (non-hydrogen) atoms. The smallest absolute Gasteiger partial charge is 0.227 e. The van der Waals surface area contributed by atoms with Gasteiger partial charge in [-0.25, -0.2) is 0 Å². The molecule has 0 fully saturated rings. The summed E-state index contributed by atoms with van der Waals surface area (Å²) >= 11 is 6.05. The number of halogens is 1. The molecule has 7 heteroatoms. The lowest BCUT2D eigenvalue weighted by Crippen LogP contribution is -2.42. The highest BCUT2D eigenvalue weighted by atomic mass is 35.5. The van der Waals surface area contributed by atoms with Crippen LogP contribution in [0.5, 0.6) is 0 Å². The van der Waals surface area contributed by atoms with E-state index < -0.39 is 5.41 Å². The molecule has 1 amide bonds. The fourth-order valence-electron chi connectivity index (χ4n) is 2.26. The van der Waals surface area contributed by atoms with E-state index in [0.29, 0.717) is 19.6 Å². The standard InChI is InChI=1S/C17H30ClN5O/c1-7-19-15(24)17(3,4)12-21-16(20-8-2)23(6)11-14-9-13(18)10-22(14)5/h9-10H,7-8,11-12H2,1-6H3,(H,19,24)(H,20,21). The van der Waals surface area contributed by atoms with E-state index in [4.69, 9.17) is 11.6 Å². The van der Waals surface area contributed by atoms with Crippen LogP contribution in [-0.4, -0.2) is 48.0 Å². The second kappa shape index (κ2) is 8.97. The summed E-state index contributed by atoms with van der Waals surface area (Å²) in [6.45, 7) is 10.2. The predicted octanol–water partition coefficient (Wildman–Crippen LogP) is 2.24. The van der Waals surface area contributed by atoms with E-state index in [-0.39, 0.29) is 5.91 Å². The third kappa shape index (κ3) is 5.74. The Morgan fingerprint density at radius 2 is 1.96 bits per heavy atom. The third-order valence-corrected chi connectivity index (χ3v) is 3.95. The zero-order valence-corrected chi connectivity index (χ0v) is 16.4. The van der Waals surface area contributed by atoms with E-state index in [1.807, 2.05) is 63.5 Å². The molecule has 136 valence electrons. The molecule has 1 rings (SSSR count). The van der Waals surface area contributed by atoms with Crippen LogP contribution >= 0.6 is 11.6 Å². The fourth-order valence-corrected chi connectivity index (χ4v) is 2.53. The van der Waals surface area contributed by atoms with Gasteiger partial charge >= 0.3 is 0 Å². The van der Waals surface area contributed by atoms with Gasteiger partial charge < -0.3 is 20.1 Å². The van der Waals surface area contributed by atoms with Crippen molar-refractivity contribution in [3.8, 4) is 0 Å². The van der Waals surface area contributed by atoms with E-state index in [9.17, 15) is 4.79 Å². The molecule has 0 bridgehead atoms. The summed E-state index contributed by atoms with van der Waals surface area (Å²) in [5.74, 6) is 0.786. The van der Waals surface area contributed by atoms with Crippen molar-refractivity contribution < 1.29 is 4.79 Å². The Labute approximate surface area is 150 Å². The molecule has 0 saturated heterocycles. The highest BCUT2D eigenvalue weighted by Gasteiger charge is 2.27. The number of hydrogen-bond acceptors (Lipinski definition) is 2. The van der Waals surface area contributed by atoms with E-state index in [1.165, 1.54) is 0 Å². The van der Waals surface area contributed by atoms with E-state index in [2.05, 4.69) is 15.6 Å². The molecule has 0 unspecified atom stereocenters. The van der Waals surface area contributed by atoms with Crippen LogP contribution in [0, 0.1) is 5.41 Å². The van der Waals surface area contributed by atoms with Gasteiger partial charge in [-0.15, -0.1) is 0 Å². The number of amides is 1. The summed E-state index contributed by atoms with van der Waals surface area (Å²) in [6, 6.07) is 1.94. The average molecular weight is 356 g/mol. The molecule has 0 aliphatic carbocycles. The number of aliphatic imine (C=N–C) groups is 1. The number of nitrogens with zero attached hydrogens (tertiary/aromatic N) is 3. The van der Waals surface area contributed by atoms with Crippen molar-refractivity contribution in [1.82, 2.24) is 20.1 Å². The lowest BCUT2D eigenvalue weighted by atomic mass is 9.92. The van der Waals surface area contributed by atoms with Gasteiger partial charge in [0.2, 0.25) is 5.91 Å². The summed E-state index contributed by atoms with van der Waals surface area (Å²) in [7, 11) is 3.94. The minimum absolute atomic E-state index is 0.0152. The molecule has 0 aliphatic heterocycles. The second-order valence-electron chi connectivity index (χ2n) is 6.53. The Bertz CT molecular complexity index is 580. The first kappa shape index (κ1) is 20.4. The largest absolute Gasteiger partial charge is 0.357 e. The van der Waals surface area contributed by atoms with Crippen molar-refractivity contribution in [2.45, 2.75) is 34.2 Å². The summed E-state index contributed by atoms with van der Waals surface area (Å²) < 4.78 is 2.00. The predicted molar refractivity (Wildman–Crippen MR) is 100 cm³/mol. The molecule has 6 nitrogen and oxygen atoms in total. The molecule has 1 heterocycles. The van der Waals surface area contributed by atoms with Crippen molar-refractivity contribution >= 4 is 23.5 Å². The summed E-state index contributed by atoms with van der Waals surface area (Å²) in [5, 5.41) is 6.86. The van der Waals surface area contributed by atoms with Gasteiger partial charge in [0.1, 0.15) is 0 Å². The molecule has 2 N–H and O–H groups in total. The van der Waals surface area contributed by atoms with Crippen molar-refractivity contribution in [2.24, 2.45) is 17.5 Å². The van der Waals surface area contributed by atoms with Crippen molar-refractivity contribution in [3.05, 3.63) is 23.0 Å². The number of nitrogens with one attached hydrogen (secondary N) is 2. The zero-order valence-electron chi connectivity index (χ0n) is 15.6. The lowest BCUT2D eigenvalue weighted by molar-refractivity contribution is -0.128. The van der Waals surface area contributed by atoms with Crippen molar-refractivity contribution in [3.63, 3.8) is 0 Å². The number of aryl methyl sites for hydroxylation is 1. The Balaban J connectivity index is 2.84. The number of rotatable bonds is 7. The first-order chi connectivity index (χ1) is 11.2. The normalized spacial score (nSPS) is 12.2. The van der Waals surface area contributed by atoms with E-state index in [0.717, 1.165) is 23.2 Å². The van der Waals surface area contributed by atoms with Crippen molar-refractivity contribution in [1.29, 1.82) is 0 Å². The van der Waals surface area contributed by atoms with E-state index in [1.54, 1.807) is 0 Å². The van der Waals surface area contributed by atoms with Gasteiger partial charge in [0, 0.05) is 39.1 Å². The number of carbonyl (C=O) groups excluding carboxylic acids is 1. The maximum Gasteiger partial charge on any atom is 0.227 e. The fraction of sp³-hybridized carbons (Fsp3) is 0.647. The first-order valence-corrected chi connectivity index (χ1v) is 8.67. The topological polar surface area (TPSA) is 61.7 Å². The van der Waals surface area contributed by atoms with Crippen LogP contribution in [0.15, 0.2) is 17.3 Å². The minimum Gasteiger partial charge on any atom is -0.357 e. The highest BCUT2D eigenvalue weighted by molar-refractivity contribution is 6.30. The molecule has 0 aliphatic rings. The maximum atomic E-state index is 12.1. The van der Waals surface area contributed by atoms with Gasteiger partial charge in [-0.2, -0.15) is 0 Å². The first-order valence-electron chi connectivity index (χ1n) is 8.29. The van der Waals surface area contributed by atoms with E-state index >= 15 is 0 Å². The number of hydrogen-bond donors (Lipinski definition) is 2. The van der Waals surface area contributed by atoms with Gasteiger partial charge in [-0.3, -0.25) is 9.79 Å². The van der Waals surface area contributed by atoms with Crippen LogP contribution in [0.25, 0.3) is 0 Å². The molecule has 0 saturated carbocycles. The number of aromatic nitrogens is 1. The Hall–Kier alpha value is -1.69. The Kier molecular flexibility index (Phi) is 7.60. The zero-order chi connectivity index (χ0) is 18.3. The Morgan fingerprint density at radius 3 is 2.46 bits per heavy atom. The number of carbonyl (C=O) groups is 1. The molecule has 1 aromatic rings. The summed E-state index contributed by atoms with van der Waals surface area (Å²) in [4.78, 5) is 18.8. The Morgan fingerprint density at radius 1 is 1.33 bits per heavy atom. The lowest BCUT2D eigenvalue weighted by Gasteiger charge is -2.25.